The van der Waals surface area contributed by atoms with Crippen molar-refractivity contribution >= 4 is 11.5 Å². The second-order valence-corrected chi connectivity index (χ2v) is 7.74. The maximum absolute atomic E-state index is 6.27. The second-order valence-electron chi connectivity index (χ2n) is 7.74. The highest BCUT2D eigenvalue weighted by Crippen LogP contribution is 2.41. The van der Waals surface area contributed by atoms with Gasteiger partial charge in [0.05, 0.1) is 11.9 Å². The van der Waals surface area contributed by atoms with E-state index >= 15 is 0 Å². The SMILES string of the molecule is Cc1cc(C2CCNCC2)cc2c1OCc1c(-c3cnn(C)c3)ccnc1N2. The Labute approximate surface area is 164 Å². The number of nitrogens with zero attached hydrogens (tertiary/aromatic N) is 3. The van der Waals surface area contributed by atoms with E-state index in [-0.39, 0.29) is 0 Å². The van der Waals surface area contributed by atoms with E-state index in [2.05, 4.69) is 39.8 Å². The van der Waals surface area contributed by atoms with Crippen molar-refractivity contribution in [3.8, 4) is 16.9 Å². The highest BCUT2D eigenvalue weighted by Gasteiger charge is 2.23. The molecule has 0 radical (unpaired) electrons. The Kier molecular flexibility index (Phi) is 4.28. The highest BCUT2D eigenvalue weighted by atomic mass is 16.5. The lowest BCUT2D eigenvalue weighted by atomic mass is 9.89. The Balaban J connectivity index is 1.54. The molecular weight excluding hydrogens is 350 g/mol. The third-order valence-electron chi connectivity index (χ3n) is 5.79. The average molecular weight is 375 g/mol. The summed E-state index contributed by atoms with van der Waals surface area (Å²) in [5.74, 6) is 2.39. The Morgan fingerprint density at radius 2 is 2.07 bits per heavy atom. The molecule has 1 fully saturated rings. The van der Waals surface area contributed by atoms with Crippen LogP contribution in [0.4, 0.5) is 11.5 Å². The monoisotopic (exact) mass is 375 g/mol. The van der Waals surface area contributed by atoms with E-state index in [0.29, 0.717) is 12.5 Å². The van der Waals surface area contributed by atoms with Gasteiger partial charge in [-0.1, -0.05) is 6.07 Å². The molecule has 2 aromatic heterocycles. The summed E-state index contributed by atoms with van der Waals surface area (Å²) < 4.78 is 8.09. The zero-order valence-corrected chi connectivity index (χ0v) is 16.3. The first-order valence-corrected chi connectivity index (χ1v) is 9.91. The highest BCUT2D eigenvalue weighted by molar-refractivity contribution is 5.77. The molecule has 4 heterocycles. The average Bonchev–Trinajstić information content (AvgIpc) is 3.04. The van der Waals surface area contributed by atoms with Gasteiger partial charge in [0, 0.05) is 30.6 Å². The number of ether oxygens (including phenoxy) is 1. The van der Waals surface area contributed by atoms with Gasteiger partial charge >= 0.3 is 0 Å². The number of hydrogen-bond donors (Lipinski definition) is 2. The Morgan fingerprint density at radius 1 is 1.21 bits per heavy atom. The molecule has 2 N–H and O–H groups in total. The van der Waals surface area contributed by atoms with Crippen LogP contribution >= 0.6 is 0 Å². The fraction of sp³-hybridized carbons (Fsp3) is 0.364. The first-order valence-electron chi connectivity index (χ1n) is 9.91. The summed E-state index contributed by atoms with van der Waals surface area (Å²) in [5, 5.41) is 11.3. The number of anilines is 2. The van der Waals surface area contributed by atoms with E-state index in [9.17, 15) is 0 Å². The smallest absolute Gasteiger partial charge is 0.146 e. The molecule has 6 nitrogen and oxygen atoms in total. The summed E-state index contributed by atoms with van der Waals surface area (Å²) in [5.41, 5.74) is 6.83. The summed E-state index contributed by atoms with van der Waals surface area (Å²) in [4.78, 5) is 4.61. The normalized spacial score (nSPS) is 16.5. The topological polar surface area (TPSA) is 64.0 Å². The summed E-state index contributed by atoms with van der Waals surface area (Å²) in [6.45, 7) is 4.80. The molecular formula is C22H25N5O. The number of piperidine rings is 1. The molecule has 144 valence electrons. The van der Waals surface area contributed by atoms with Crippen molar-refractivity contribution in [3.05, 3.63) is 53.5 Å². The third-order valence-corrected chi connectivity index (χ3v) is 5.79. The molecule has 0 spiro atoms. The van der Waals surface area contributed by atoms with Crippen molar-refractivity contribution in [2.45, 2.75) is 32.3 Å². The number of aryl methyl sites for hydroxylation is 2. The second kappa shape index (κ2) is 6.95. The van der Waals surface area contributed by atoms with Crippen molar-refractivity contribution in [2.24, 2.45) is 7.05 Å². The predicted molar refractivity (Wildman–Crippen MR) is 110 cm³/mol. The van der Waals surface area contributed by atoms with E-state index in [0.717, 1.165) is 47.0 Å². The lowest BCUT2D eigenvalue weighted by Gasteiger charge is -2.24. The fourth-order valence-corrected chi connectivity index (χ4v) is 4.33. The quantitative estimate of drug-likeness (QED) is 0.711. The molecule has 0 saturated carbocycles. The minimum absolute atomic E-state index is 0.487. The van der Waals surface area contributed by atoms with Crippen LogP contribution in [-0.4, -0.2) is 27.9 Å². The molecule has 1 aromatic carbocycles. The molecule has 0 atom stereocenters. The molecule has 2 aliphatic heterocycles. The third kappa shape index (κ3) is 3.03. The zero-order chi connectivity index (χ0) is 19.1. The van der Waals surface area contributed by atoms with Crippen LogP contribution in [0.5, 0.6) is 5.75 Å². The number of nitrogens with one attached hydrogen (secondary N) is 2. The summed E-state index contributed by atoms with van der Waals surface area (Å²) >= 11 is 0. The molecule has 1 saturated heterocycles. The Bertz CT molecular complexity index is 1020. The Hall–Kier alpha value is -2.86. The van der Waals surface area contributed by atoms with Crippen molar-refractivity contribution in [3.63, 3.8) is 0 Å². The van der Waals surface area contributed by atoms with Gasteiger partial charge < -0.3 is 15.4 Å². The van der Waals surface area contributed by atoms with Gasteiger partial charge in [-0.3, -0.25) is 4.68 Å². The first-order chi connectivity index (χ1) is 13.7. The van der Waals surface area contributed by atoms with E-state index in [1.807, 2.05) is 36.4 Å². The molecule has 0 unspecified atom stereocenters. The predicted octanol–water partition coefficient (Wildman–Crippen LogP) is 3.89. The van der Waals surface area contributed by atoms with Crippen LogP contribution in [0.2, 0.25) is 0 Å². The zero-order valence-electron chi connectivity index (χ0n) is 16.3. The van der Waals surface area contributed by atoms with Gasteiger partial charge in [-0.2, -0.15) is 5.10 Å². The number of aromatic nitrogens is 3. The fourth-order valence-electron chi connectivity index (χ4n) is 4.33. The number of pyridine rings is 1. The van der Waals surface area contributed by atoms with Crippen molar-refractivity contribution in [1.82, 2.24) is 20.1 Å². The van der Waals surface area contributed by atoms with Gasteiger partial charge in [-0.15, -0.1) is 0 Å². The van der Waals surface area contributed by atoms with Gasteiger partial charge in [0.15, 0.2) is 0 Å². The van der Waals surface area contributed by atoms with E-state index < -0.39 is 0 Å². The molecule has 5 rings (SSSR count). The van der Waals surface area contributed by atoms with Crippen LogP contribution in [0.3, 0.4) is 0 Å². The van der Waals surface area contributed by atoms with Gasteiger partial charge in [0.2, 0.25) is 0 Å². The number of benzene rings is 1. The summed E-state index contributed by atoms with van der Waals surface area (Å²) in [6, 6.07) is 6.58. The van der Waals surface area contributed by atoms with Gasteiger partial charge in [0.1, 0.15) is 18.2 Å². The first kappa shape index (κ1) is 17.3. The maximum Gasteiger partial charge on any atom is 0.146 e. The minimum atomic E-state index is 0.487. The maximum atomic E-state index is 6.27. The molecule has 0 bridgehead atoms. The van der Waals surface area contributed by atoms with Gasteiger partial charge in [-0.05, 0) is 67.6 Å². The van der Waals surface area contributed by atoms with Crippen LogP contribution in [-0.2, 0) is 13.7 Å². The van der Waals surface area contributed by atoms with Crippen molar-refractivity contribution < 1.29 is 4.74 Å². The molecule has 2 aliphatic rings. The van der Waals surface area contributed by atoms with E-state index in [1.54, 1.807) is 0 Å². The van der Waals surface area contributed by atoms with Crippen LogP contribution in [0, 0.1) is 6.92 Å². The molecule has 0 aliphatic carbocycles. The van der Waals surface area contributed by atoms with Gasteiger partial charge in [-0.25, -0.2) is 4.98 Å². The van der Waals surface area contributed by atoms with Crippen molar-refractivity contribution in [1.29, 1.82) is 0 Å². The van der Waals surface area contributed by atoms with Crippen LogP contribution in [0.1, 0.15) is 35.4 Å². The number of hydrogen-bond acceptors (Lipinski definition) is 5. The number of rotatable bonds is 2. The largest absolute Gasteiger partial charge is 0.486 e. The van der Waals surface area contributed by atoms with Crippen LogP contribution < -0.4 is 15.4 Å². The molecule has 6 heteroatoms. The van der Waals surface area contributed by atoms with Crippen molar-refractivity contribution in [2.75, 3.05) is 18.4 Å². The molecule has 3 aromatic rings. The van der Waals surface area contributed by atoms with E-state index in [4.69, 9.17) is 4.74 Å². The lowest BCUT2D eigenvalue weighted by Crippen LogP contribution is -2.26. The standard InChI is InChI=1S/C22H25N5O/c1-14-9-16(15-3-6-23-7-4-15)10-20-21(14)28-13-19-18(5-8-24-22(19)26-20)17-11-25-27(2)12-17/h5,8-12,15,23H,3-4,6-7,13H2,1-2H3,(H,24,26). The summed E-state index contributed by atoms with van der Waals surface area (Å²) in [7, 11) is 1.93. The lowest BCUT2D eigenvalue weighted by molar-refractivity contribution is 0.308. The summed E-state index contributed by atoms with van der Waals surface area (Å²) in [6.07, 6.45) is 8.11. The van der Waals surface area contributed by atoms with Crippen LogP contribution in [0.25, 0.3) is 11.1 Å². The molecule has 28 heavy (non-hydrogen) atoms. The van der Waals surface area contributed by atoms with Gasteiger partial charge in [0.25, 0.3) is 0 Å². The molecule has 0 amide bonds. The van der Waals surface area contributed by atoms with Crippen LogP contribution in [0.15, 0.2) is 36.8 Å². The van der Waals surface area contributed by atoms with E-state index in [1.165, 1.54) is 24.0 Å². The Morgan fingerprint density at radius 3 is 2.86 bits per heavy atom. The number of fused-ring (bicyclic) bond motifs is 2. The minimum Gasteiger partial charge on any atom is -0.486 e.